The van der Waals surface area contributed by atoms with Crippen molar-refractivity contribution in [1.29, 1.82) is 0 Å². The Morgan fingerprint density at radius 3 is 2.12 bits per heavy atom. The third-order valence-corrected chi connectivity index (χ3v) is 5.49. The van der Waals surface area contributed by atoms with Gasteiger partial charge in [0.1, 0.15) is 5.75 Å². The normalized spacial score (nSPS) is 15.0. The summed E-state index contributed by atoms with van der Waals surface area (Å²) in [5, 5.41) is 5.13. The van der Waals surface area contributed by atoms with Gasteiger partial charge in [-0.1, -0.05) is 18.2 Å². The van der Waals surface area contributed by atoms with Gasteiger partial charge < -0.3 is 4.74 Å². The van der Waals surface area contributed by atoms with E-state index in [1.807, 2.05) is 0 Å². The summed E-state index contributed by atoms with van der Waals surface area (Å²) in [5.41, 5.74) is 3.52. The Morgan fingerprint density at radius 2 is 1.58 bits per heavy atom. The summed E-state index contributed by atoms with van der Waals surface area (Å²) in [5.74, 6) is 0.168. The summed E-state index contributed by atoms with van der Waals surface area (Å²) in [7, 11) is -2.38. The molecule has 0 heterocycles. The molecule has 0 amide bonds. The molecular weight excluding hydrogens is 360 g/mol. The second-order valence-corrected chi connectivity index (χ2v) is 7.70. The van der Waals surface area contributed by atoms with Gasteiger partial charge in [0.2, 0.25) is 10.0 Å². The summed E-state index contributed by atoms with van der Waals surface area (Å²) < 4.78 is 54.4. The van der Waals surface area contributed by atoms with E-state index < -0.39 is 16.4 Å². The minimum Gasteiger partial charge on any atom is -0.496 e. The quantitative estimate of drug-likeness (QED) is 0.838. The molecule has 1 aliphatic carbocycles. The van der Waals surface area contributed by atoms with Gasteiger partial charge >= 0.3 is 0 Å². The van der Waals surface area contributed by atoms with Crippen LogP contribution in [0.4, 0.5) is 8.78 Å². The van der Waals surface area contributed by atoms with Crippen molar-refractivity contribution in [2.75, 3.05) is 7.11 Å². The zero-order chi connectivity index (χ0) is 18.9. The molecular formula is C19H19F2NO3S. The molecule has 0 radical (unpaired) electrons. The lowest BCUT2D eigenvalue weighted by atomic mass is 9.95. The van der Waals surface area contributed by atoms with Crippen LogP contribution in [-0.4, -0.2) is 15.5 Å². The summed E-state index contributed by atoms with van der Waals surface area (Å²) in [4.78, 5) is 0.0471. The number of alkyl halides is 2. The molecule has 0 saturated carbocycles. The first-order valence-electron chi connectivity index (χ1n) is 8.13. The van der Waals surface area contributed by atoms with Crippen molar-refractivity contribution in [1.82, 2.24) is 0 Å². The van der Waals surface area contributed by atoms with Gasteiger partial charge in [-0.2, -0.15) is 0 Å². The molecule has 0 saturated heterocycles. The van der Waals surface area contributed by atoms with Crippen LogP contribution in [0.1, 0.15) is 42.4 Å². The minimum absolute atomic E-state index is 0.0471. The lowest BCUT2D eigenvalue weighted by molar-refractivity contribution is 0.147. The summed E-state index contributed by atoms with van der Waals surface area (Å²) in [6.45, 7) is 0. The summed E-state index contributed by atoms with van der Waals surface area (Å²) >= 11 is 0. The Labute approximate surface area is 151 Å². The first-order valence-corrected chi connectivity index (χ1v) is 9.67. The molecule has 0 aromatic heterocycles. The van der Waals surface area contributed by atoms with E-state index in [4.69, 9.17) is 9.88 Å². The predicted molar refractivity (Wildman–Crippen MR) is 96.4 cm³/mol. The Bertz CT molecular complexity index is 951. The van der Waals surface area contributed by atoms with Crippen molar-refractivity contribution >= 4 is 21.2 Å². The molecule has 3 rings (SSSR count). The van der Waals surface area contributed by atoms with E-state index in [-0.39, 0.29) is 16.2 Å². The molecule has 138 valence electrons. The number of allylic oxidation sites excluding steroid dienone is 2. The van der Waals surface area contributed by atoms with E-state index in [1.165, 1.54) is 25.3 Å². The molecule has 2 N–H and O–H groups in total. The number of benzene rings is 2. The highest BCUT2D eigenvalue weighted by molar-refractivity contribution is 7.89. The van der Waals surface area contributed by atoms with Crippen LogP contribution in [0.15, 0.2) is 47.4 Å². The molecule has 0 spiro atoms. The van der Waals surface area contributed by atoms with Crippen LogP contribution >= 0.6 is 0 Å². The van der Waals surface area contributed by atoms with E-state index in [9.17, 15) is 17.2 Å². The maximum Gasteiger partial charge on any atom is 0.267 e. The van der Waals surface area contributed by atoms with Crippen molar-refractivity contribution < 1.29 is 21.9 Å². The zero-order valence-corrected chi connectivity index (χ0v) is 15.0. The van der Waals surface area contributed by atoms with E-state index in [1.54, 1.807) is 24.3 Å². The lowest BCUT2D eigenvalue weighted by Crippen LogP contribution is -2.11. The van der Waals surface area contributed by atoms with Crippen molar-refractivity contribution in [3.8, 4) is 5.75 Å². The van der Waals surface area contributed by atoms with Gasteiger partial charge in [-0.3, -0.25) is 0 Å². The van der Waals surface area contributed by atoms with Gasteiger partial charge in [0.25, 0.3) is 6.43 Å². The molecule has 0 atom stereocenters. The van der Waals surface area contributed by atoms with Gasteiger partial charge in [0, 0.05) is 0 Å². The van der Waals surface area contributed by atoms with Crippen molar-refractivity contribution in [3.05, 3.63) is 59.2 Å². The van der Waals surface area contributed by atoms with Crippen LogP contribution in [0.25, 0.3) is 11.1 Å². The highest BCUT2D eigenvalue weighted by atomic mass is 32.2. The van der Waals surface area contributed by atoms with E-state index in [2.05, 4.69) is 0 Å². The number of sulfonamides is 1. The van der Waals surface area contributed by atoms with Gasteiger partial charge in [-0.15, -0.1) is 0 Å². The Hall–Kier alpha value is -2.25. The van der Waals surface area contributed by atoms with Crippen LogP contribution in [0.2, 0.25) is 0 Å². The van der Waals surface area contributed by atoms with Crippen molar-refractivity contribution in [3.63, 3.8) is 0 Å². The van der Waals surface area contributed by atoms with Crippen LogP contribution in [0.3, 0.4) is 0 Å². The molecule has 0 aliphatic heterocycles. The summed E-state index contributed by atoms with van der Waals surface area (Å²) in [6.07, 6.45) is -0.122. The fourth-order valence-electron chi connectivity index (χ4n) is 3.32. The van der Waals surface area contributed by atoms with Crippen LogP contribution in [-0.2, 0) is 10.0 Å². The number of rotatable bonds is 5. The molecule has 2 aromatic rings. The number of hydrogen-bond donors (Lipinski definition) is 1. The number of methoxy groups -OCH3 is 1. The Morgan fingerprint density at radius 1 is 1.00 bits per heavy atom. The fraction of sp³-hybridized carbons (Fsp3) is 0.263. The van der Waals surface area contributed by atoms with Crippen LogP contribution < -0.4 is 9.88 Å². The molecule has 0 fully saturated rings. The minimum atomic E-state index is -3.74. The Balaban J connectivity index is 2.05. The molecule has 7 heteroatoms. The standard InChI is InChI=1S/C19H19F2NO3S/c1-25-18-10-7-13(11-17(18)19(20)21)16-4-2-3-15(16)12-5-8-14(9-6-12)26(22,23)24/h5-11,19H,2-4H2,1H3,(H2,22,23,24). The number of ether oxygens (including phenoxy) is 1. The molecule has 26 heavy (non-hydrogen) atoms. The smallest absolute Gasteiger partial charge is 0.267 e. The number of nitrogens with two attached hydrogens (primary N) is 1. The maximum atomic E-state index is 13.3. The number of primary sulfonamides is 1. The maximum absolute atomic E-state index is 13.3. The van der Waals surface area contributed by atoms with Gasteiger partial charge in [-0.25, -0.2) is 22.3 Å². The monoisotopic (exact) mass is 379 g/mol. The zero-order valence-electron chi connectivity index (χ0n) is 14.2. The fourth-order valence-corrected chi connectivity index (χ4v) is 3.83. The molecule has 4 nitrogen and oxygen atoms in total. The molecule has 2 aromatic carbocycles. The number of hydrogen-bond acceptors (Lipinski definition) is 3. The highest BCUT2D eigenvalue weighted by Crippen LogP contribution is 2.42. The van der Waals surface area contributed by atoms with Crippen molar-refractivity contribution in [2.24, 2.45) is 5.14 Å². The average Bonchev–Trinajstić information content (AvgIpc) is 3.10. The average molecular weight is 379 g/mol. The van der Waals surface area contributed by atoms with Gasteiger partial charge in [-0.05, 0) is 65.8 Å². The predicted octanol–water partition coefficient (Wildman–Crippen LogP) is 4.37. The lowest BCUT2D eigenvalue weighted by Gasteiger charge is -2.13. The van der Waals surface area contributed by atoms with Crippen LogP contribution in [0, 0.1) is 0 Å². The van der Waals surface area contributed by atoms with Crippen molar-refractivity contribution in [2.45, 2.75) is 30.6 Å². The third kappa shape index (κ3) is 3.64. The third-order valence-electron chi connectivity index (χ3n) is 4.56. The number of halogens is 2. The van der Waals surface area contributed by atoms with Gasteiger partial charge in [0.15, 0.2) is 0 Å². The molecule has 1 aliphatic rings. The van der Waals surface area contributed by atoms with E-state index in [0.717, 1.165) is 41.5 Å². The van der Waals surface area contributed by atoms with Gasteiger partial charge in [0.05, 0.1) is 17.6 Å². The highest BCUT2D eigenvalue weighted by Gasteiger charge is 2.21. The molecule has 0 bridgehead atoms. The van der Waals surface area contributed by atoms with Crippen LogP contribution in [0.5, 0.6) is 5.75 Å². The SMILES string of the molecule is COc1ccc(C2=C(c3ccc(S(N)(=O)=O)cc3)CCC2)cc1C(F)F. The van der Waals surface area contributed by atoms with E-state index >= 15 is 0 Å². The second-order valence-electron chi connectivity index (χ2n) is 6.14. The van der Waals surface area contributed by atoms with E-state index in [0.29, 0.717) is 0 Å². The second kappa shape index (κ2) is 7.17. The Kier molecular flexibility index (Phi) is 5.11. The first kappa shape index (κ1) is 18.5. The topological polar surface area (TPSA) is 69.4 Å². The molecule has 0 unspecified atom stereocenters. The largest absolute Gasteiger partial charge is 0.496 e. The summed E-state index contributed by atoms with van der Waals surface area (Å²) in [6, 6.07) is 11.2. The first-order chi connectivity index (χ1) is 12.3.